The number of carbonyl (C=O) groups excluding carboxylic acids is 1. The normalized spacial score (nSPS) is 18.6. The fourth-order valence-electron chi connectivity index (χ4n) is 2.83. The number of nitrogens with one attached hydrogen (secondary N) is 1. The number of amides is 1. The number of rotatable bonds is 6. The number of fused-ring (bicyclic) bond motifs is 1. The van der Waals surface area contributed by atoms with Crippen molar-refractivity contribution in [1.82, 2.24) is 10.2 Å². The molecule has 0 aromatic heterocycles. The number of aliphatic carboxylic acids is 1. The van der Waals surface area contributed by atoms with Crippen LogP contribution in [0.2, 0.25) is 0 Å². The first-order valence-electron chi connectivity index (χ1n) is 7.79. The van der Waals surface area contributed by atoms with Crippen molar-refractivity contribution >= 4 is 11.9 Å². The Bertz CT molecular complexity index is 544. The number of carbonyl (C=O) groups is 2. The fourth-order valence-corrected chi connectivity index (χ4v) is 2.83. The van der Waals surface area contributed by atoms with E-state index in [-0.39, 0.29) is 11.9 Å². The largest absolute Gasteiger partial charge is 0.480 e. The highest BCUT2D eigenvalue weighted by Gasteiger charge is 2.22. The smallest absolute Gasteiger partial charge is 0.320 e. The van der Waals surface area contributed by atoms with Gasteiger partial charge < -0.3 is 10.4 Å². The molecule has 0 heterocycles. The van der Waals surface area contributed by atoms with Gasteiger partial charge in [-0.25, -0.2) is 0 Å². The Morgan fingerprint density at radius 3 is 2.86 bits per heavy atom. The van der Waals surface area contributed by atoms with Gasteiger partial charge in [0.15, 0.2) is 0 Å². The van der Waals surface area contributed by atoms with Crippen LogP contribution in [0.15, 0.2) is 24.3 Å². The van der Waals surface area contributed by atoms with Crippen molar-refractivity contribution in [3.8, 4) is 0 Å². The van der Waals surface area contributed by atoms with Gasteiger partial charge >= 0.3 is 5.97 Å². The van der Waals surface area contributed by atoms with Gasteiger partial charge in [-0.1, -0.05) is 24.3 Å². The number of carboxylic acids is 1. The second-order valence-corrected chi connectivity index (χ2v) is 5.96. The number of carboxylic acid groups (broad SMARTS) is 1. The van der Waals surface area contributed by atoms with Gasteiger partial charge in [0, 0.05) is 13.0 Å². The van der Waals surface area contributed by atoms with Crippen molar-refractivity contribution in [2.45, 2.75) is 44.7 Å². The predicted molar refractivity (Wildman–Crippen MR) is 84.6 cm³/mol. The number of hydrogen-bond acceptors (Lipinski definition) is 3. The van der Waals surface area contributed by atoms with Crippen LogP contribution in [0, 0.1) is 0 Å². The Kier molecular flexibility index (Phi) is 5.55. The molecular weight excluding hydrogens is 280 g/mol. The van der Waals surface area contributed by atoms with Crippen LogP contribution in [0.5, 0.6) is 0 Å². The van der Waals surface area contributed by atoms with E-state index >= 15 is 0 Å². The number of hydrogen-bond donors (Lipinski definition) is 2. The third-order valence-corrected chi connectivity index (χ3v) is 4.41. The van der Waals surface area contributed by atoms with Gasteiger partial charge in [0.1, 0.15) is 6.04 Å². The Morgan fingerprint density at radius 2 is 2.14 bits per heavy atom. The van der Waals surface area contributed by atoms with Crippen LogP contribution in [0.3, 0.4) is 0 Å². The van der Waals surface area contributed by atoms with E-state index in [1.54, 1.807) is 18.9 Å². The predicted octanol–water partition coefficient (Wildman–Crippen LogP) is 1.98. The SMILES string of the molecule is CC(C(=O)O)N(C)CCC(=O)NC1CCCc2ccccc21. The summed E-state index contributed by atoms with van der Waals surface area (Å²) < 4.78 is 0. The van der Waals surface area contributed by atoms with Crippen LogP contribution in [-0.2, 0) is 16.0 Å². The maximum atomic E-state index is 12.1. The number of likely N-dealkylation sites (N-methyl/N-ethyl adjacent to an activating group) is 1. The van der Waals surface area contributed by atoms with Gasteiger partial charge in [0.25, 0.3) is 0 Å². The molecule has 0 saturated heterocycles. The molecule has 5 heteroatoms. The molecule has 1 amide bonds. The molecule has 2 rings (SSSR count). The summed E-state index contributed by atoms with van der Waals surface area (Å²) in [4.78, 5) is 24.7. The molecule has 22 heavy (non-hydrogen) atoms. The second kappa shape index (κ2) is 7.40. The first-order chi connectivity index (χ1) is 10.5. The third-order valence-electron chi connectivity index (χ3n) is 4.41. The van der Waals surface area contributed by atoms with E-state index in [2.05, 4.69) is 17.4 Å². The highest BCUT2D eigenvalue weighted by atomic mass is 16.4. The molecule has 1 aliphatic rings. The van der Waals surface area contributed by atoms with E-state index in [0.29, 0.717) is 13.0 Å². The van der Waals surface area contributed by atoms with Crippen molar-refractivity contribution < 1.29 is 14.7 Å². The molecular formula is C17H24N2O3. The maximum absolute atomic E-state index is 12.1. The molecule has 1 aromatic carbocycles. The standard InChI is InChI=1S/C17H24N2O3/c1-12(17(21)22)19(2)11-10-16(20)18-15-9-5-7-13-6-3-4-8-14(13)15/h3-4,6,8,12,15H,5,7,9-11H2,1-2H3,(H,18,20)(H,21,22). The van der Waals surface area contributed by atoms with Crippen molar-refractivity contribution in [2.75, 3.05) is 13.6 Å². The van der Waals surface area contributed by atoms with Gasteiger partial charge in [0.2, 0.25) is 5.91 Å². The molecule has 2 unspecified atom stereocenters. The summed E-state index contributed by atoms with van der Waals surface area (Å²) in [6, 6.07) is 7.74. The monoisotopic (exact) mass is 304 g/mol. The van der Waals surface area contributed by atoms with E-state index in [1.165, 1.54) is 11.1 Å². The average molecular weight is 304 g/mol. The molecule has 2 N–H and O–H groups in total. The molecule has 1 aliphatic carbocycles. The lowest BCUT2D eigenvalue weighted by molar-refractivity contribution is -0.142. The lowest BCUT2D eigenvalue weighted by atomic mass is 9.87. The summed E-state index contributed by atoms with van der Waals surface area (Å²) in [6.07, 6.45) is 3.43. The van der Waals surface area contributed by atoms with E-state index in [4.69, 9.17) is 5.11 Å². The van der Waals surface area contributed by atoms with Gasteiger partial charge in [0.05, 0.1) is 6.04 Å². The minimum absolute atomic E-state index is 0.0221. The highest BCUT2D eigenvalue weighted by Crippen LogP contribution is 2.29. The van der Waals surface area contributed by atoms with E-state index in [0.717, 1.165) is 19.3 Å². The van der Waals surface area contributed by atoms with Crippen molar-refractivity contribution in [2.24, 2.45) is 0 Å². The summed E-state index contributed by atoms with van der Waals surface area (Å²) in [6.45, 7) is 2.06. The summed E-state index contributed by atoms with van der Waals surface area (Å²) >= 11 is 0. The van der Waals surface area contributed by atoms with Crippen molar-refractivity contribution in [3.05, 3.63) is 35.4 Å². The van der Waals surface area contributed by atoms with E-state index in [1.807, 2.05) is 12.1 Å². The first kappa shape index (κ1) is 16.5. The number of benzene rings is 1. The Balaban J connectivity index is 1.87. The highest BCUT2D eigenvalue weighted by molar-refractivity contribution is 5.77. The molecule has 5 nitrogen and oxygen atoms in total. The summed E-state index contributed by atoms with van der Waals surface area (Å²) in [5.74, 6) is -0.893. The van der Waals surface area contributed by atoms with E-state index in [9.17, 15) is 9.59 Å². The summed E-state index contributed by atoms with van der Waals surface area (Å²) in [5.41, 5.74) is 2.53. The van der Waals surface area contributed by atoms with Crippen LogP contribution in [0.25, 0.3) is 0 Å². The zero-order valence-electron chi connectivity index (χ0n) is 13.2. The van der Waals surface area contributed by atoms with Crippen LogP contribution in [0.4, 0.5) is 0 Å². The van der Waals surface area contributed by atoms with Crippen molar-refractivity contribution in [1.29, 1.82) is 0 Å². The number of nitrogens with zero attached hydrogens (tertiary/aromatic N) is 1. The minimum Gasteiger partial charge on any atom is -0.480 e. The van der Waals surface area contributed by atoms with Crippen LogP contribution < -0.4 is 5.32 Å². The van der Waals surface area contributed by atoms with Crippen LogP contribution in [0.1, 0.15) is 43.4 Å². The van der Waals surface area contributed by atoms with Crippen LogP contribution in [-0.4, -0.2) is 41.5 Å². The van der Waals surface area contributed by atoms with Gasteiger partial charge in [-0.15, -0.1) is 0 Å². The maximum Gasteiger partial charge on any atom is 0.320 e. The Labute approximate surface area is 131 Å². The van der Waals surface area contributed by atoms with Crippen molar-refractivity contribution in [3.63, 3.8) is 0 Å². The molecule has 0 radical (unpaired) electrons. The lowest BCUT2D eigenvalue weighted by Crippen LogP contribution is -2.39. The van der Waals surface area contributed by atoms with Gasteiger partial charge in [-0.2, -0.15) is 0 Å². The molecule has 0 spiro atoms. The molecule has 1 aromatic rings. The third kappa shape index (κ3) is 4.07. The van der Waals surface area contributed by atoms with Crippen LogP contribution >= 0.6 is 0 Å². The fraction of sp³-hybridized carbons (Fsp3) is 0.529. The number of aryl methyl sites for hydroxylation is 1. The second-order valence-electron chi connectivity index (χ2n) is 5.96. The molecule has 120 valence electrons. The Morgan fingerprint density at radius 1 is 1.41 bits per heavy atom. The van der Waals surface area contributed by atoms with Gasteiger partial charge in [-0.3, -0.25) is 14.5 Å². The summed E-state index contributed by atoms with van der Waals surface area (Å²) in [7, 11) is 1.72. The molecule has 0 saturated carbocycles. The quantitative estimate of drug-likeness (QED) is 0.843. The Hall–Kier alpha value is -1.88. The van der Waals surface area contributed by atoms with Gasteiger partial charge in [-0.05, 0) is 44.4 Å². The molecule has 2 atom stereocenters. The molecule has 0 aliphatic heterocycles. The molecule has 0 bridgehead atoms. The first-order valence-corrected chi connectivity index (χ1v) is 7.79. The molecule has 0 fully saturated rings. The summed E-state index contributed by atoms with van der Waals surface area (Å²) in [5, 5.41) is 12.0. The average Bonchev–Trinajstić information content (AvgIpc) is 2.52. The topological polar surface area (TPSA) is 69.6 Å². The van der Waals surface area contributed by atoms with E-state index < -0.39 is 12.0 Å². The minimum atomic E-state index is -0.871. The zero-order valence-corrected chi connectivity index (χ0v) is 13.2. The zero-order chi connectivity index (χ0) is 16.1. The lowest BCUT2D eigenvalue weighted by Gasteiger charge is -2.27.